The summed E-state index contributed by atoms with van der Waals surface area (Å²) < 4.78 is 33.3. The van der Waals surface area contributed by atoms with E-state index in [1.165, 1.54) is 24.3 Å². The van der Waals surface area contributed by atoms with E-state index >= 15 is 0 Å². The Labute approximate surface area is 485 Å². The highest BCUT2D eigenvalue weighted by Gasteiger charge is 2.43. The summed E-state index contributed by atoms with van der Waals surface area (Å²) in [6.07, 6.45) is 0.753. The van der Waals surface area contributed by atoms with Crippen molar-refractivity contribution in [2.75, 3.05) is 121 Å². The second-order valence-corrected chi connectivity index (χ2v) is 25.6. The first-order chi connectivity index (χ1) is 39.6. The van der Waals surface area contributed by atoms with Crippen molar-refractivity contribution in [1.82, 2.24) is 50.4 Å². The van der Waals surface area contributed by atoms with Crippen LogP contribution in [0.3, 0.4) is 0 Å². The Kier molecular flexibility index (Phi) is 18.2. The number of ether oxygens (including phenoxy) is 1. The normalized spacial score (nSPS) is 24.9. The van der Waals surface area contributed by atoms with Crippen molar-refractivity contribution >= 4 is 35.0 Å². The standard InChI is InChI=1S/C62H84F2N12O7/c1-39-29-73(35-54(78)75-37-61(4,5)56-50(75)25-44(58(80)68-56)23-42-10-14-46(63)15-11-42)48(27-66-39)32-70-21-22-83-52(34-70)60(82)65-18-8-9-53(77)72-20-19-71(41(3)31-72)33-49-28-67-40(2)30-74(49)36-55(79)76-38-62(6,7)57-51(76)26-45(59(81)69-57)24-43-12-16-47(64)17-13-43/h10-17,25-26,39-41,48-49,52,66-67H,8-9,18-24,27-38H2,1-7H3,(H,65,82)(H,68,80)(H,69,81)/t39-,40-,41-,48-,49-,52+/m1/s1. The molecule has 0 saturated carbocycles. The molecule has 8 heterocycles. The SMILES string of the molecule is C[C@@H]1CN(CC(=O)N2CC(C)(C)c3[nH]c(=O)c(Cc4ccc(F)cc4)cc32)[C@@H](CN2CCO[C@H](C(=O)NCCCC(=O)N3CCN(C[C@H]4CN[C@H](C)CN4CC(=O)N4CC(C)(C)c5[nH]c(=O)c(Cc6ccc(F)cc6)cc54)[C@H](C)C3)C2)CN1. The van der Waals surface area contributed by atoms with E-state index in [-0.39, 0.29) is 89.7 Å². The second-order valence-electron chi connectivity index (χ2n) is 25.6. The molecule has 0 radical (unpaired) electrons. The van der Waals surface area contributed by atoms with Gasteiger partial charge in [-0.2, -0.15) is 0 Å². The van der Waals surface area contributed by atoms with E-state index in [9.17, 15) is 37.5 Å². The fourth-order valence-corrected chi connectivity index (χ4v) is 13.2. The maximum atomic E-state index is 14.4. The number of benzene rings is 2. The fraction of sp³-hybridized carbons (Fsp3) is 0.581. The lowest BCUT2D eigenvalue weighted by molar-refractivity contribution is -0.139. The number of aromatic amines is 2. The molecule has 4 aromatic rings. The average molecular weight is 1150 g/mol. The molecule has 4 saturated heterocycles. The van der Waals surface area contributed by atoms with Crippen LogP contribution in [0.25, 0.3) is 0 Å². The van der Waals surface area contributed by atoms with E-state index < -0.39 is 16.9 Å². The van der Waals surface area contributed by atoms with Crippen LogP contribution in [0.1, 0.15) is 94.9 Å². The zero-order chi connectivity index (χ0) is 58.9. The molecule has 10 rings (SSSR count). The summed E-state index contributed by atoms with van der Waals surface area (Å²) >= 11 is 0. The van der Waals surface area contributed by atoms with E-state index in [0.717, 1.165) is 35.6 Å². The Morgan fingerprint density at radius 1 is 0.639 bits per heavy atom. The number of morpholine rings is 1. The van der Waals surface area contributed by atoms with Crippen molar-refractivity contribution in [3.8, 4) is 0 Å². The molecule has 4 amide bonds. The smallest absolute Gasteiger partial charge is 0.251 e. The zero-order valence-corrected chi connectivity index (χ0v) is 49.3. The molecule has 0 bridgehead atoms. The van der Waals surface area contributed by atoms with Crippen molar-refractivity contribution in [1.29, 1.82) is 0 Å². The van der Waals surface area contributed by atoms with Crippen LogP contribution in [0.2, 0.25) is 0 Å². The first-order valence-corrected chi connectivity index (χ1v) is 29.8. The van der Waals surface area contributed by atoms with Gasteiger partial charge in [0.25, 0.3) is 11.1 Å². The lowest BCUT2D eigenvalue weighted by Crippen LogP contribution is -2.63. The van der Waals surface area contributed by atoms with Gasteiger partial charge in [-0.25, -0.2) is 8.78 Å². The summed E-state index contributed by atoms with van der Waals surface area (Å²) in [6, 6.07) is 16.3. The van der Waals surface area contributed by atoms with Gasteiger partial charge in [-0.3, -0.25) is 48.4 Å². The molecule has 2 aromatic carbocycles. The molecule has 21 heteroatoms. The van der Waals surface area contributed by atoms with Gasteiger partial charge < -0.3 is 45.4 Å². The van der Waals surface area contributed by atoms with Crippen molar-refractivity contribution in [3.63, 3.8) is 0 Å². The minimum Gasteiger partial charge on any atom is -0.366 e. The van der Waals surface area contributed by atoms with Gasteiger partial charge in [0.1, 0.15) is 17.7 Å². The number of fused-ring (bicyclic) bond motifs is 2. The van der Waals surface area contributed by atoms with Gasteiger partial charge >= 0.3 is 0 Å². The first-order valence-electron chi connectivity index (χ1n) is 29.8. The summed E-state index contributed by atoms with van der Waals surface area (Å²) in [4.78, 5) is 103. The maximum absolute atomic E-state index is 14.4. The summed E-state index contributed by atoms with van der Waals surface area (Å²) in [5, 5.41) is 10.2. The van der Waals surface area contributed by atoms with Crippen molar-refractivity contribution in [2.45, 2.75) is 121 Å². The third kappa shape index (κ3) is 14.0. The van der Waals surface area contributed by atoms with Gasteiger partial charge in [-0.1, -0.05) is 52.0 Å². The summed E-state index contributed by atoms with van der Waals surface area (Å²) in [5.74, 6) is -0.925. The lowest BCUT2D eigenvalue weighted by atomic mass is 9.91. The Morgan fingerprint density at radius 2 is 1.14 bits per heavy atom. The molecule has 448 valence electrons. The van der Waals surface area contributed by atoms with Gasteiger partial charge in [-0.15, -0.1) is 0 Å². The molecule has 0 unspecified atom stereocenters. The molecule has 0 aliphatic carbocycles. The van der Waals surface area contributed by atoms with Crippen LogP contribution < -0.4 is 36.9 Å². The number of amides is 4. The predicted octanol–water partition coefficient (Wildman–Crippen LogP) is 2.93. The second kappa shape index (κ2) is 25.2. The van der Waals surface area contributed by atoms with E-state index in [1.54, 1.807) is 29.2 Å². The van der Waals surface area contributed by atoms with Crippen molar-refractivity contribution < 1.29 is 32.7 Å². The van der Waals surface area contributed by atoms with E-state index in [2.05, 4.69) is 66.3 Å². The number of nitrogens with zero attached hydrogens (tertiary/aromatic N) is 7. The molecule has 5 N–H and O–H groups in total. The van der Waals surface area contributed by atoms with E-state index in [0.29, 0.717) is 133 Å². The van der Waals surface area contributed by atoms with Crippen molar-refractivity contribution in [2.24, 2.45) is 0 Å². The molecule has 6 atom stereocenters. The molecule has 0 spiro atoms. The number of carbonyl (C=O) groups is 4. The highest BCUT2D eigenvalue weighted by molar-refractivity contribution is 5.98. The topological polar surface area (TPSA) is 202 Å². The molecule has 6 aliphatic heterocycles. The van der Waals surface area contributed by atoms with Gasteiger partial charge in [-0.05, 0) is 74.7 Å². The Hall–Kier alpha value is -6.20. The van der Waals surface area contributed by atoms with Crippen LogP contribution in [0.5, 0.6) is 0 Å². The van der Waals surface area contributed by atoms with Gasteiger partial charge in [0.2, 0.25) is 23.6 Å². The van der Waals surface area contributed by atoms with Crippen LogP contribution in [0.4, 0.5) is 20.2 Å². The van der Waals surface area contributed by atoms with Crippen LogP contribution >= 0.6 is 0 Å². The quantitative estimate of drug-likeness (QED) is 0.0969. The maximum Gasteiger partial charge on any atom is 0.251 e. The predicted molar refractivity (Wildman–Crippen MR) is 315 cm³/mol. The number of hydrogen-bond acceptors (Lipinski definition) is 13. The molecular weight excluding hydrogens is 1060 g/mol. The fourth-order valence-electron chi connectivity index (χ4n) is 13.2. The number of hydrogen-bond donors (Lipinski definition) is 5. The highest BCUT2D eigenvalue weighted by atomic mass is 19.1. The number of aromatic nitrogens is 2. The number of H-pyrrole nitrogens is 2. The number of pyridine rings is 2. The molecule has 2 aromatic heterocycles. The molecule has 6 aliphatic rings. The number of anilines is 2. The number of rotatable bonds is 17. The largest absolute Gasteiger partial charge is 0.366 e. The molecule has 19 nitrogen and oxygen atoms in total. The van der Waals surface area contributed by atoms with Crippen LogP contribution in [0.15, 0.2) is 70.3 Å². The molecular formula is C62H84F2N12O7. The summed E-state index contributed by atoms with van der Waals surface area (Å²) in [5.41, 5.74) is 4.17. The highest BCUT2D eigenvalue weighted by Crippen LogP contribution is 2.40. The number of halogens is 2. The summed E-state index contributed by atoms with van der Waals surface area (Å²) in [6.45, 7) is 23.5. The zero-order valence-electron chi connectivity index (χ0n) is 49.3. The average Bonchev–Trinajstić information content (AvgIpc) is 2.12. The van der Waals surface area contributed by atoms with Crippen molar-refractivity contribution in [3.05, 3.63) is 127 Å². The third-order valence-corrected chi connectivity index (χ3v) is 17.9. The van der Waals surface area contributed by atoms with E-state index in [4.69, 9.17) is 4.74 Å². The number of nitrogens with one attached hydrogen (secondary N) is 5. The first kappa shape index (κ1) is 59.9. The Morgan fingerprint density at radius 3 is 1.65 bits per heavy atom. The third-order valence-electron chi connectivity index (χ3n) is 17.9. The van der Waals surface area contributed by atoms with Crippen LogP contribution in [-0.2, 0) is 47.6 Å². The Bertz CT molecular complexity index is 3130. The minimum atomic E-state index is -0.672. The molecule has 4 fully saturated rings. The van der Waals surface area contributed by atoms with E-state index in [1.807, 2.05) is 49.6 Å². The lowest BCUT2D eigenvalue weighted by Gasteiger charge is -2.45. The summed E-state index contributed by atoms with van der Waals surface area (Å²) in [7, 11) is 0. The van der Waals surface area contributed by atoms with Crippen LogP contribution in [-0.4, -0.2) is 206 Å². The van der Waals surface area contributed by atoms with Gasteiger partial charge in [0.05, 0.1) is 31.1 Å². The molecule has 83 heavy (non-hydrogen) atoms. The Balaban J connectivity index is 0.669. The minimum absolute atomic E-state index is 0.00854. The monoisotopic (exact) mass is 1150 g/mol. The van der Waals surface area contributed by atoms with Crippen LogP contribution in [0, 0.1) is 11.6 Å². The number of piperazine rings is 3. The van der Waals surface area contributed by atoms with Gasteiger partial charge in [0.15, 0.2) is 0 Å². The number of carbonyl (C=O) groups excluding carboxylic acids is 4. The van der Waals surface area contributed by atoms with Gasteiger partial charge in [0, 0.05) is 174 Å².